The number of hydrogen-bond acceptors (Lipinski definition) is 2. The van der Waals surface area contributed by atoms with Crippen molar-refractivity contribution in [1.82, 2.24) is 4.98 Å². The number of nitrogens with zero attached hydrogens (tertiary/aromatic N) is 1. The molecule has 0 saturated heterocycles. The largest absolute Gasteiger partial charge is 0.417 e. The van der Waals surface area contributed by atoms with Gasteiger partial charge in [0.15, 0.2) is 0 Å². The predicted molar refractivity (Wildman–Crippen MR) is 62.6 cm³/mol. The number of benzene rings is 1. The highest BCUT2D eigenvalue weighted by Gasteiger charge is 2.33. The molecule has 2 nitrogen and oxygen atoms in total. The summed E-state index contributed by atoms with van der Waals surface area (Å²) in [5.41, 5.74) is 6.06. The molecule has 0 radical (unpaired) electrons. The minimum Gasteiger partial charge on any atom is -0.326 e. The maximum atomic E-state index is 12.9. The second-order valence-electron chi connectivity index (χ2n) is 3.78. The SMILES string of the molecule is NCc1cnccc1-c1ccccc1C(F)(F)F. The number of pyridine rings is 1. The van der Waals surface area contributed by atoms with Crippen LogP contribution in [-0.4, -0.2) is 4.98 Å². The molecule has 0 saturated carbocycles. The lowest BCUT2D eigenvalue weighted by Gasteiger charge is -2.14. The molecular weight excluding hydrogens is 241 g/mol. The van der Waals surface area contributed by atoms with E-state index in [1.807, 2.05) is 0 Å². The molecule has 0 bridgehead atoms. The standard InChI is InChI=1S/C13H11F3N2/c14-13(15,16)12-4-2-1-3-11(12)10-5-6-18-8-9(10)7-17/h1-6,8H,7,17H2. The van der Waals surface area contributed by atoms with Gasteiger partial charge in [0.2, 0.25) is 0 Å². The van der Waals surface area contributed by atoms with E-state index >= 15 is 0 Å². The van der Waals surface area contributed by atoms with Crippen molar-refractivity contribution in [1.29, 1.82) is 0 Å². The summed E-state index contributed by atoms with van der Waals surface area (Å²) in [7, 11) is 0. The first-order chi connectivity index (χ1) is 8.54. The Hall–Kier alpha value is -1.88. The molecule has 94 valence electrons. The van der Waals surface area contributed by atoms with E-state index < -0.39 is 11.7 Å². The molecule has 1 heterocycles. The summed E-state index contributed by atoms with van der Waals surface area (Å²) >= 11 is 0. The highest BCUT2D eigenvalue weighted by atomic mass is 19.4. The van der Waals surface area contributed by atoms with Crippen LogP contribution in [0, 0.1) is 0 Å². The second kappa shape index (κ2) is 4.78. The van der Waals surface area contributed by atoms with E-state index in [1.165, 1.54) is 24.5 Å². The van der Waals surface area contributed by atoms with Gasteiger partial charge in [0.05, 0.1) is 5.56 Å². The highest BCUT2D eigenvalue weighted by molar-refractivity contribution is 5.70. The van der Waals surface area contributed by atoms with Crippen LogP contribution in [0.3, 0.4) is 0 Å². The van der Waals surface area contributed by atoms with E-state index in [-0.39, 0.29) is 12.1 Å². The average Bonchev–Trinajstić information content (AvgIpc) is 2.37. The van der Waals surface area contributed by atoms with Gasteiger partial charge in [0, 0.05) is 18.9 Å². The smallest absolute Gasteiger partial charge is 0.326 e. The number of nitrogens with two attached hydrogens (primary N) is 1. The topological polar surface area (TPSA) is 38.9 Å². The first-order valence-corrected chi connectivity index (χ1v) is 5.33. The van der Waals surface area contributed by atoms with Crippen LogP contribution < -0.4 is 5.73 Å². The lowest BCUT2D eigenvalue weighted by Crippen LogP contribution is -2.08. The number of aromatic nitrogens is 1. The fraction of sp³-hybridized carbons (Fsp3) is 0.154. The third-order valence-electron chi connectivity index (χ3n) is 2.65. The zero-order valence-electron chi connectivity index (χ0n) is 9.41. The summed E-state index contributed by atoms with van der Waals surface area (Å²) in [4.78, 5) is 3.87. The molecule has 0 unspecified atom stereocenters. The highest BCUT2D eigenvalue weighted by Crippen LogP contribution is 2.37. The van der Waals surface area contributed by atoms with Gasteiger partial charge in [0.1, 0.15) is 0 Å². The number of hydrogen-bond donors (Lipinski definition) is 1. The normalized spacial score (nSPS) is 11.6. The summed E-state index contributed by atoms with van der Waals surface area (Å²) in [6, 6.07) is 7.00. The Balaban J connectivity index is 2.65. The number of alkyl halides is 3. The quantitative estimate of drug-likeness (QED) is 0.891. The molecule has 2 aromatic rings. The summed E-state index contributed by atoms with van der Waals surface area (Å²) < 4.78 is 38.8. The van der Waals surface area contributed by atoms with Gasteiger partial charge in [-0.05, 0) is 28.8 Å². The molecule has 2 rings (SSSR count). The molecule has 0 atom stereocenters. The zero-order valence-corrected chi connectivity index (χ0v) is 9.41. The summed E-state index contributed by atoms with van der Waals surface area (Å²) in [5.74, 6) is 0. The first kappa shape index (κ1) is 12.6. The van der Waals surface area contributed by atoms with Crippen LogP contribution in [0.1, 0.15) is 11.1 Å². The van der Waals surface area contributed by atoms with Crippen LogP contribution in [0.5, 0.6) is 0 Å². The molecule has 0 amide bonds. The Kier molecular flexibility index (Phi) is 3.34. The molecule has 1 aromatic heterocycles. The van der Waals surface area contributed by atoms with E-state index in [2.05, 4.69) is 4.98 Å². The van der Waals surface area contributed by atoms with Gasteiger partial charge in [0.25, 0.3) is 0 Å². The maximum absolute atomic E-state index is 12.9. The summed E-state index contributed by atoms with van der Waals surface area (Å²) in [6.45, 7) is 0.148. The Bertz CT molecular complexity index is 550. The molecule has 0 aliphatic carbocycles. The molecule has 5 heteroatoms. The molecule has 18 heavy (non-hydrogen) atoms. The van der Waals surface area contributed by atoms with E-state index in [0.717, 1.165) is 6.07 Å². The van der Waals surface area contributed by atoms with E-state index in [1.54, 1.807) is 12.1 Å². The lowest BCUT2D eigenvalue weighted by molar-refractivity contribution is -0.137. The Morgan fingerprint density at radius 3 is 2.44 bits per heavy atom. The van der Waals surface area contributed by atoms with Crippen LogP contribution in [-0.2, 0) is 12.7 Å². The van der Waals surface area contributed by atoms with Crippen LogP contribution in [0.4, 0.5) is 13.2 Å². The molecule has 0 spiro atoms. The Morgan fingerprint density at radius 2 is 1.78 bits per heavy atom. The van der Waals surface area contributed by atoms with Gasteiger partial charge >= 0.3 is 6.18 Å². The fourth-order valence-corrected chi connectivity index (χ4v) is 1.82. The minimum atomic E-state index is -4.38. The summed E-state index contributed by atoms with van der Waals surface area (Å²) in [6.07, 6.45) is -1.43. The molecule has 0 aliphatic rings. The summed E-state index contributed by atoms with van der Waals surface area (Å²) in [5, 5.41) is 0. The second-order valence-corrected chi connectivity index (χ2v) is 3.78. The zero-order chi connectivity index (χ0) is 13.2. The van der Waals surface area contributed by atoms with Gasteiger partial charge in [-0.2, -0.15) is 13.2 Å². The van der Waals surface area contributed by atoms with Crippen LogP contribution in [0.15, 0.2) is 42.7 Å². The van der Waals surface area contributed by atoms with Crippen LogP contribution in [0.2, 0.25) is 0 Å². The van der Waals surface area contributed by atoms with Crippen LogP contribution >= 0.6 is 0 Å². The monoisotopic (exact) mass is 252 g/mol. The van der Waals surface area contributed by atoms with Crippen LogP contribution in [0.25, 0.3) is 11.1 Å². The van der Waals surface area contributed by atoms with Crippen molar-refractivity contribution in [3.63, 3.8) is 0 Å². The predicted octanol–water partition coefficient (Wildman–Crippen LogP) is 3.23. The van der Waals surface area contributed by atoms with E-state index in [4.69, 9.17) is 5.73 Å². The third-order valence-corrected chi connectivity index (χ3v) is 2.65. The minimum absolute atomic E-state index is 0.132. The number of rotatable bonds is 2. The van der Waals surface area contributed by atoms with Gasteiger partial charge in [-0.25, -0.2) is 0 Å². The van der Waals surface area contributed by atoms with Gasteiger partial charge < -0.3 is 5.73 Å². The third kappa shape index (κ3) is 2.36. The Labute approximate surface area is 102 Å². The van der Waals surface area contributed by atoms with Crippen molar-refractivity contribution in [3.8, 4) is 11.1 Å². The molecule has 0 fully saturated rings. The van der Waals surface area contributed by atoms with Crippen molar-refractivity contribution in [2.24, 2.45) is 5.73 Å². The van der Waals surface area contributed by atoms with Crippen molar-refractivity contribution >= 4 is 0 Å². The van der Waals surface area contributed by atoms with E-state index in [9.17, 15) is 13.2 Å². The van der Waals surface area contributed by atoms with Crippen molar-refractivity contribution in [2.45, 2.75) is 12.7 Å². The average molecular weight is 252 g/mol. The van der Waals surface area contributed by atoms with Crippen molar-refractivity contribution < 1.29 is 13.2 Å². The Morgan fingerprint density at radius 1 is 1.06 bits per heavy atom. The van der Waals surface area contributed by atoms with Crippen molar-refractivity contribution in [2.75, 3.05) is 0 Å². The molecule has 1 aromatic carbocycles. The maximum Gasteiger partial charge on any atom is 0.417 e. The molecular formula is C13H11F3N2. The number of halogens is 3. The molecule has 2 N–H and O–H groups in total. The van der Waals surface area contributed by atoms with E-state index in [0.29, 0.717) is 11.1 Å². The van der Waals surface area contributed by atoms with Crippen molar-refractivity contribution in [3.05, 3.63) is 53.9 Å². The van der Waals surface area contributed by atoms with Gasteiger partial charge in [-0.15, -0.1) is 0 Å². The fourth-order valence-electron chi connectivity index (χ4n) is 1.82. The molecule has 0 aliphatic heterocycles. The first-order valence-electron chi connectivity index (χ1n) is 5.33. The lowest BCUT2D eigenvalue weighted by atomic mass is 9.96. The van der Waals surface area contributed by atoms with Gasteiger partial charge in [-0.3, -0.25) is 4.98 Å². The van der Waals surface area contributed by atoms with Gasteiger partial charge in [-0.1, -0.05) is 18.2 Å².